The number of methoxy groups -OCH3 is 1. The van der Waals surface area contributed by atoms with Gasteiger partial charge in [-0.15, -0.1) is 11.3 Å². The number of aryl methyl sites for hydroxylation is 3. The standard InChI is InChI=1S/C19H19NOS/c1-12-10-16(13-6-5-7-14(11-13)21-2)18-15-8-3-4-9-17(15)22-19(18)20-12/h5-7,10-11H,3-4,8-9H2,1-2H3. The number of hydrogen-bond donors (Lipinski definition) is 0. The first-order valence-electron chi connectivity index (χ1n) is 7.82. The number of pyridine rings is 1. The lowest BCUT2D eigenvalue weighted by Gasteiger charge is -2.13. The summed E-state index contributed by atoms with van der Waals surface area (Å²) in [5, 5.41) is 1.37. The Morgan fingerprint density at radius 3 is 2.86 bits per heavy atom. The van der Waals surface area contributed by atoms with Crippen LogP contribution in [0.3, 0.4) is 0 Å². The minimum absolute atomic E-state index is 0.907. The number of aromatic nitrogens is 1. The molecule has 0 unspecified atom stereocenters. The molecule has 1 aromatic carbocycles. The molecule has 4 rings (SSSR count). The van der Waals surface area contributed by atoms with Crippen LogP contribution in [0.2, 0.25) is 0 Å². The number of hydrogen-bond acceptors (Lipinski definition) is 3. The van der Waals surface area contributed by atoms with Crippen molar-refractivity contribution in [3.8, 4) is 16.9 Å². The fraction of sp³-hybridized carbons (Fsp3) is 0.316. The van der Waals surface area contributed by atoms with Gasteiger partial charge in [0.2, 0.25) is 0 Å². The fourth-order valence-corrected chi connectivity index (χ4v) is 4.73. The van der Waals surface area contributed by atoms with Crippen molar-refractivity contribution in [3.05, 3.63) is 46.5 Å². The highest BCUT2D eigenvalue weighted by atomic mass is 32.1. The molecular weight excluding hydrogens is 290 g/mol. The molecule has 3 heteroatoms. The van der Waals surface area contributed by atoms with Crippen molar-refractivity contribution in [2.45, 2.75) is 32.6 Å². The Balaban J connectivity index is 2.01. The maximum Gasteiger partial charge on any atom is 0.124 e. The zero-order valence-corrected chi connectivity index (χ0v) is 13.8. The normalized spacial score (nSPS) is 14.1. The van der Waals surface area contributed by atoms with Crippen LogP contribution in [-0.4, -0.2) is 12.1 Å². The van der Waals surface area contributed by atoms with Gasteiger partial charge >= 0.3 is 0 Å². The van der Waals surface area contributed by atoms with E-state index in [1.807, 2.05) is 17.4 Å². The Hall–Kier alpha value is -1.87. The van der Waals surface area contributed by atoms with Gasteiger partial charge in [0.05, 0.1) is 7.11 Å². The smallest absolute Gasteiger partial charge is 0.124 e. The van der Waals surface area contributed by atoms with Gasteiger partial charge in [0.15, 0.2) is 0 Å². The molecule has 22 heavy (non-hydrogen) atoms. The Labute approximate surface area is 134 Å². The molecule has 0 saturated carbocycles. The predicted octanol–water partition coefficient (Wildman–Crippen LogP) is 5.16. The first kappa shape index (κ1) is 13.8. The summed E-state index contributed by atoms with van der Waals surface area (Å²) >= 11 is 1.89. The molecule has 0 aliphatic heterocycles. The quantitative estimate of drug-likeness (QED) is 0.652. The predicted molar refractivity (Wildman–Crippen MR) is 93.0 cm³/mol. The van der Waals surface area contributed by atoms with Crippen LogP contribution >= 0.6 is 11.3 Å². The molecule has 112 valence electrons. The van der Waals surface area contributed by atoms with Crippen molar-refractivity contribution < 1.29 is 4.74 Å². The van der Waals surface area contributed by atoms with E-state index in [0.29, 0.717) is 0 Å². The SMILES string of the molecule is COc1cccc(-c2cc(C)nc3sc4c(c23)CCCC4)c1. The fourth-order valence-electron chi connectivity index (χ4n) is 3.40. The summed E-state index contributed by atoms with van der Waals surface area (Å²) in [5.41, 5.74) is 5.15. The van der Waals surface area contributed by atoms with Gasteiger partial charge in [0.1, 0.15) is 10.6 Å². The van der Waals surface area contributed by atoms with Gasteiger partial charge in [-0.3, -0.25) is 0 Å². The molecular formula is C19H19NOS. The van der Waals surface area contributed by atoms with Crippen LogP contribution in [0, 0.1) is 6.92 Å². The van der Waals surface area contributed by atoms with E-state index in [1.165, 1.54) is 52.6 Å². The topological polar surface area (TPSA) is 22.1 Å². The van der Waals surface area contributed by atoms with Crippen molar-refractivity contribution in [1.82, 2.24) is 4.98 Å². The number of fused-ring (bicyclic) bond motifs is 3. The highest BCUT2D eigenvalue weighted by molar-refractivity contribution is 7.19. The van der Waals surface area contributed by atoms with Crippen LogP contribution in [0.4, 0.5) is 0 Å². The zero-order valence-electron chi connectivity index (χ0n) is 13.0. The summed E-state index contributed by atoms with van der Waals surface area (Å²) < 4.78 is 5.40. The molecule has 0 fully saturated rings. The first-order chi connectivity index (χ1) is 10.8. The Kier molecular flexibility index (Phi) is 3.38. The average Bonchev–Trinajstić information content (AvgIpc) is 2.92. The lowest BCUT2D eigenvalue weighted by atomic mass is 9.92. The largest absolute Gasteiger partial charge is 0.497 e. The summed E-state index contributed by atoms with van der Waals surface area (Å²) in [6.45, 7) is 2.09. The summed E-state index contributed by atoms with van der Waals surface area (Å²) in [4.78, 5) is 7.54. The summed E-state index contributed by atoms with van der Waals surface area (Å²) in [5.74, 6) is 0.907. The molecule has 0 saturated heterocycles. The lowest BCUT2D eigenvalue weighted by Crippen LogP contribution is -1.99. The van der Waals surface area contributed by atoms with Gasteiger partial charge in [-0.25, -0.2) is 4.98 Å². The van der Waals surface area contributed by atoms with E-state index in [9.17, 15) is 0 Å². The summed E-state index contributed by atoms with van der Waals surface area (Å²) in [7, 11) is 1.72. The van der Waals surface area contributed by atoms with E-state index in [1.54, 1.807) is 12.0 Å². The second-order valence-corrected chi connectivity index (χ2v) is 7.02. The molecule has 2 nitrogen and oxygen atoms in total. The van der Waals surface area contributed by atoms with Gasteiger partial charge in [0, 0.05) is 16.0 Å². The molecule has 0 N–H and O–H groups in total. The molecule has 1 aliphatic rings. The monoisotopic (exact) mass is 309 g/mol. The molecule has 0 bridgehead atoms. The van der Waals surface area contributed by atoms with E-state index in [4.69, 9.17) is 9.72 Å². The van der Waals surface area contributed by atoms with E-state index in [-0.39, 0.29) is 0 Å². The minimum Gasteiger partial charge on any atom is -0.497 e. The number of nitrogens with zero attached hydrogens (tertiary/aromatic N) is 1. The minimum atomic E-state index is 0.907. The summed E-state index contributed by atoms with van der Waals surface area (Å²) in [6.07, 6.45) is 5.02. The Bertz CT molecular complexity index is 850. The van der Waals surface area contributed by atoms with Crippen molar-refractivity contribution in [2.75, 3.05) is 7.11 Å². The van der Waals surface area contributed by atoms with Gasteiger partial charge in [-0.1, -0.05) is 12.1 Å². The summed E-state index contributed by atoms with van der Waals surface area (Å²) in [6, 6.07) is 10.6. The van der Waals surface area contributed by atoms with Crippen molar-refractivity contribution in [3.63, 3.8) is 0 Å². The Morgan fingerprint density at radius 2 is 2.00 bits per heavy atom. The first-order valence-corrected chi connectivity index (χ1v) is 8.64. The average molecular weight is 309 g/mol. The molecule has 0 amide bonds. The van der Waals surface area contributed by atoms with Crippen molar-refractivity contribution in [2.24, 2.45) is 0 Å². The number of benzene rings is 1. The van der Waals surface area contributed by atoms with E-state index >= 15 is 0 Å². The Morgan fingerprint density at radius 1 is 1.14 bits per heavy atom. The van der Waals surface area contributed by atoms with E-state index < -0.39 is 0 Å². The van der Waals surface area contributed by atoms with Gasteiger partial charge in [-0.05, 0) is 67.5 Å². The van der Waals surface area contributed by atoms with Gasteiger partial charge in [0.25, 0.3) is 0 Å². The molecule has 0 radical (unpaired) electrons. The van der Waals surface area contributed by atoms with E-state index in [2.05, 4.69) is 31.2 Å². The lowest BCUT2D eigenvalue weighted by molar-refractivity contribution is 0.415. The molecule has 0 spiro atoms. The zero-order chi connectivity index (χ0) is 15.1. The van der Waals surface area contributed by atoms with Gasteiger partial charge in [-0.2, -0.15) is 0 Å². The number of ether oxygens (including phenoxy) is 1. The van der Waals surface area contributed by atoms with Crippen molar-refractivity contribution >= 4 is 21.6 Å². The molecule has 3 aromatic rings. The highest BCUT2D eigenvalue weighted by Gasteiger charge is 2.20. The highest BCUT2D eigenvalue weighted by Crippen LogP contribution is 2.41. The molecule has 2 heterocycles. The molecule has 2 aromatic heterocycles. The maximum atomic E-state index is 5.40. The molecule has 0 atom stereocenters. The van der Waals surface area contributed by atoms with Crippen LogP contribution in [0.15, 0.2) is 30.3 Å². The van der Waals surface area contributed by atoms with Crippen LogP contribution in [-0.2, 0) is 12.8 Å². The maximum absolute atomic E-state index is 5.40. The second kappa shape index (κ2) is 5.40. The van der Waals surface area contributed by atoms with Crippen LogP contribution in [0.1, 0.15) is 29.0 Å². The second-order valence-electron chi connectivity index (χ2n) is 5.93. The number of rotatable bonds is 2. The van der Waals surface area contributed by atoms with E-state index in [0.717, 1.165) is 11.4 Å². The van der Waals surface area contributed by atoms with Crippen LogP contribution in [0.25, 0.3) is 21.3 Å². The number of thiophene rings is 1. The third kappa shape index (κ3) is 2.20. The third-order valence-corrected chi connectivity index (χ3v) is 5.62. The van der Waals surface area contributed by atoms with Crippen molar-refractivity contribution in [1.29, 1.82) is 0 Å². The van der Waals surface area contributed by atoms with Crippen LogP contribution in [0.5, 0.6) is 5.75 Å². The third-order valence-electron chi connectivity index (χ3n) is 4.43. The van der Waals surface area contributed by atoms with Gasteiger partial charge < -0.3 is 4.74 Å². The molecule has 1 aliphatic carbocycles. The van der Waals surface area contributed by atoms with Crippen LogP contribution < -0.4 is 4.74 Å².